The smallest absolute Gasteiger partial charge is 0.252 e. The summed E-state index contributed by atoms with van der Waals surface area (Å²) in [6.07, 6.45) is 2.98. The minimum Gasteiger partial charge on any atom is -0.382 e. The lowest BCUT2D eigenvalue weighted by atomic mass is 9.97. The fraction of sp³-hybridized carbons (Fsp3) is 0.320. The molecule has 1 aliphatic heterocycles. The second kappa shape index (κ2) is 8.84. The van der Waals surface area contributed by atoms with E-state index in [0.717, 1.165) is 65.3 Å². The van der Waals surface area contributed by atoms with Crippen LogP contribution in [0.25, 0.3) is 26.4 Å². The Morgan fingerprint density at radius 1 is 1.19 bits per heavy atom. The van der Waals surface area contributed by atoms with Crippen LogP contribution in [-0.2, 0) is 4.79 Å². The summed E-state index contributed by atoms with van der Waals surface area (Å²) in [7, 11) is 0. The zero-order valence-electron chi connectivity index (χ0n) is 18.2. The van der Waals surface area contributed by atoms with Crippen molar-refractivity contribution < 1.29 is 4.79 Å². The van der Waals surface area contributed by atoms with Crippen LogP contribution in [0, 0.1) is 5.92 Å². The lowest BCUT2D eigenvalue weighted by Gasteiger charge is -2.30. The molecule has 1 aliphatic rings. The average Bonchev–Trinajstić information content (AvgIpc) is 3.36. The van der Waals surface area contributed by atoms with Gasteiger partial charge >= 0.3 is 0 Å². The van der Waals surface area contributed by atoms with Crippen LogP contribution in [0.3, 0.4) is 0 Å². The largest absolute Gasteiger partial charge is 0.382 e. The maximum Gasteiger partial charge on any atom is 0.252 e. The SMILES string of the molecule is CCCN1CCCC(C(=O)N=C(N)c2c(-c3ccccc3)nc3sc4ccccc4n23)C1. The molecule has 164 valence electrons. The molecule has 0 radical (unpaired) electrons. The maximum absolute atomic E-state index is 13.1. The van der Waals surface area contributed by atoms with E-state index in [1.807, 2.05) is 46.9 Å². The molecule has 0 bridgehead atoms. The molecule has 2 aromatic carbocycles. The van der Waals surface area contributed by atoms with Crippen LogP contribution in [-0.4, -0.2) is 45.7 Å². The summed E-state index contributed by atoms with van der Waals surface area (Å²) in [5, 5.41) is 0. The first-order valence-electron chi connectivity index (χ1n) is 11.2. The van der Waals surface area contributed by atoms with E-state index in [9.17, 15) is 4.79 Å². The van der Waals surface area contributed by atoms with Gasteiger partial charge in [0.1, 0.15) is 11.4 Å². The molecule has 1 fully saturated rings. The number of aliphatic imine (C=N–C) groups is 1. The monoisotopic (exact) mass is 445 g/mol. The van der Waals surface area contributed by atoms with Crippen LogP contribution in [0.2, 0.25) is 0 Å². The van der Waals surface area contributed by atoms with Crippen LogP contribution in [0.5, 0.6) is 0 Å². The molecule has 7 heteroatoms. The van der Waals surface area contributed by atoms with Gasteiger partial charge in [-0.15, -0.1) is 0 Å². The highest BCUT2D eigenvalue weighted by Crippen LogP contribution is 2.33. The number of hydrogen-bond donors (Lipinski definition) is 1. The number of amidine groups is 1. The Labute approximate surface area is 191 Å². The number of fused-ring (bicyclic) bond motifs is 3. The van der Waals surface area contributed by atoms with Crippen molar-refractivity contribution in [3.8, 4) is 11.3 Å². The number of para-hydroxylation sites is 1. The summed E-state index contributed by atoms with van der Waals surface area (Å²) >= 11 is 1.61. The molecule has 0 spiro atoms. The average molecular weight is 446 g/mol. The number of benzene rings is 2. The van der Waals surface area contributed by atoms with Crippen LogP contribution in [0.1, 0.15) is 31.9 Å². The Bertz CT molecular complexity index is 1290. The second-order valence-corrected chi connectivity index (χ2v) is 9.35. The molecule has 3 heterocycles. The molecule has 32 heavy (non-hydrogen) atoms. The Balaban J connectivity index is 1.59. The maximum atomic E-state index is 13.1. The van der Waals surface area contributed by atoms with E-state index < -0.39 is 0 Å². The highest BCUT2D eigenvalue weighted by Gasteiger charge is 2.27. The van der Waals surface area contributed by atoms with E-state index in [2.05, 4.69) is 28.9 Å². The highest BCUT2D eigenvalue weighted by atomic mass is 32.1. The fourth-order valence-corrected chi connectivity index (χ4v) is 5.62. The molecule has 0 aliphatic carbocycles. The van der Waals surface area contributed by atoms with E-state index in [1.165, 1.54) is 0 Å². The van der Waals surface area contributed by atoms with Crippen LogP contribution in [0.4, 0.5) is 0 Å². The molecule has 1 saturated heterocycles. The van der Waals surface area contributed by atoms with Crippen molar-refractivity contribution in [2.75, 3.05) is 19.6 Å². The number of thiazole rings is 1. The molecule has 2 N–H and O–H groups in total. The van der Waals surface area contributed by atoms with E-state index in [0.29, 0.717) is 5.69 Å². The number of aromatic nitrogens is 2. The lowest BCUT2D eigenvalue weighted by Crippen LogP contribution is -2.39. The number of nitrogens with zero attached hydrogens (tertiary/aromatic N) is 4. The van der Waals surface area contributed by atoms with Crippen LogP contribution < -0.4 is 5.73 Å². The molecule has 1 atom stereocenters. The zero-order chi connectivity index (χ0) is 22.1. The van der Waals surface area contributed by atoms with Crippen molar-refractivity contribution in [1.29, 1.82) is 0 Å². The molecule has 1 unspecified atom stereocenters. The second-order valence-electron chi connectivity index (χ2n) is 8.34. The first-order chi connectivity index (χ1) is 15.7. The van der Waals surface area contributed by atoms with Gasteiger partial charge in [0, 0.05) is 12.1 Å². The third kappa shape index (κ3) is 3.82. The van der Waals surface area contributed by atoms with E-state index in [1.54, 1.807) is 11.3 Å². The lowest BCUT2D eigenvalue weighted by molar-refractivity contribution is -0.123. The van der Waals surface area contributed by atoms with Gasteiger partial charge in [0.15, 0.2) is 10.8 Å². The molecule has 2 aromatic heterocycles. The normalized spacial score (nSPS) is 17.9. The number of amides is 1. The number of imidazole rings is 1. The number of likely N-dealkylation sites (tertiary alicyclic amines) is 1. The fourth-order valence-electron chi connectivity index (χ4n) is 4.59. The van der Waals surface area contributed by atoms with Gasteiger partial charge in [-0.2, -0.15) is 4.99 Å². The number of rotatable bonds is 5. The molecular formula is C25H27N5OS. The van der Waals surface area contributed by atoms with Crippen molar-refractivity contribution in [3.05, 3.63) is 60.3 Å². The predicted octanol–water partition coefficient (Wildman–Crippen LogP) is 4.57. The number of hydrogen-bond acceptors (Lipinski definition) is 4. The summed E-state index contributed by atoms with van der Waals surface area (Å²) in [5.74, 6) is 0.00553. The van der Waals surface area contributed by atoms with Gasteiger partial charge in [-0.05, 0) is 44.5 Å². The van der Waals surface area contributed by atoms with Gasteiger partial charge < -0.3 is 10.6 Å². The molecular weight excluding hydrogens is 418 g/mol. The van der Waals surface area contributed by atoms with Crippen molar-refractivity contribution >= 4 is 38.3 Å². The van der Waals surface area contributed by atoms with Crippen LogP contribution in [0.15, 0.2) is 59.6 Å². The summed E-state index contributed by atoms with van der Waals surface area (Å²) in [6.45, 7) is 5.01. The summed E-state index contributed by atoms with van der Waals surface area (Å²) in [4.78, 5) is 25.7. The number of carbonyl (C=O) groups excluding carboxylic acids is 1. The van der Waals surface area contributed by atoms with Gasteiger partial charge in [0.05, 0.1) is 16.1 Å². The van der Waals surface area contributed by atoms with E-state index in [-0.39, 0.29) is 17.7 Å². The van der Waals surface area contributed by atoms with Gasteiger partial charge in [0.2, 0.25) is 0 Å². The number of nitrogens with two attached hydrogens (primary N) is 1. The Kier molecular flexibility index (Phi) is 5.76. The Morgan fingerprint density at radius 3 is 2.78 bits per heavy atom. The van der Waals surface area contributed by atoms with Gasteiger partial charge in [0.25, 0.3) is 5.91 Å². The first kappa shape index (κ1) is 20.8. The highest BCUT2D eigenvalue weighted by molar-refractivity contribution is 7.23. The summed E-state index contributed by atoms with van der Waals surface area (Å²) in [6, 6.07) is 18.1. The standard InChI is InChI=1S/C25H27N5OS/c1-2-14-29-15-8-11-18(16-29)24(31)28-23(26)22-21(17-9-4-3-5-10-17)27-25-30(22)19-12-6-7-13-20(19)32-25/h3-7,9-10,12-13,18H,2,8,11,14-16H2,1H3,(H2,26,28,31). The molecule has 6 nitrogen and oxygen atoms in total. The van der Waals surface area contributed by atoms with Gasteiger partial charge in [-0.1, -0.05) is 60.7 Å². The third-order valence-electron chi connectivity index (χ3n) is 6.07. The van der Waals surface area contributed by atoms with Crippen molar-refractivity contribution in [2.45, 2.75) is 26.2 Å². The molecule has 1 amide bonds. The van der Waals surface area contributed by atoms with Crippen molar-refractivity contribution in [3.63, 3.8) is 0 Å². The van der Waals surface area contributed by atoms with Crippen LogP contribution >= 0.6 is 11.3 Å². The minimum absolute atomic E-state index is 0.100. The first-order valence-corrected chi connectivity index (χ1v) is 12.0. The number of piperidine rings is 1. The van der Waals surface area contributed by atoms with E-state index >= 15 is 0 Å². The van der Waals surface area contributed by atoms with E-state index in [4.69, 9.17) is 10.7 Å². The summed E-state index contributed by atoms with van der Waals surface area (Å²) in [5.41, 5.74) is 9.99. The molecule has 5 rings (SSSR count). The predicted molar refractivity (Wildman–Crippen MR) is 131 cm³/mol. The molecule has 4 aromatic rings. The third-order valence-corrected chi connectivity index (χ3v) is 7.09. The molecule has 0 saturated carbocycles. The van der Waals surface area contributed by atoms with Crippen molar-refractivity contribution in [1.82, 2.24) is 14.3 Å². The topological polar surface area (TPSA) is 76.0 Å². The van der Waals surface area contributed by atoms with Crippen molar-refractivity contribution in [2.24, 2.45) is 16.6 Å². The zero-order valence-corrected chi connectivity index (χ0v) is 19.0. The quantitative estimate of drug-likeness (QED) is 0.361. The summed E-state index contributed by atoms with van der Waals surface area (Å²) < 4.78 is 3.16. The number of carbonyl (C=O) groups is 1. The Morgan fingerprint density at radius 2 is 1.97 bits per heavy atom. The Hall–Kier alpha value is -3.03. The minimum atomic E-state index is -0.128. The van der Waals surface area contributed by atoms with Gasteiger partial charge in [-0.3, -0.25) is 9.20 Å². The van der Waals surface area contributed by atoms with Gasteiger partial charge in [-0.25, -0.2) is 4.98 Å².